The van der Waals surface area contributed by atoms with Gasteiger partial charge in [0.15, 0.2) is 0 Å². The summed E-state index contributed by atoms with van der Waals surface area (Å²) in [7, 11) is 1.64. The zero-order chi connectivity index (χ0) is 21.9. The highest BCUT2D eigenvalue weighted by Crippen LogP contribution is 2.17. The second-order valence-corrected chi connectivity index (χ2v) is 8.04. The first-order valence-electron chi connectivity index (χ1n) is 9.62. The Morgan fingerprint density at radius 3 is 2.29 bits per heavy atom. The number of halogens is 1. The highest BCUT2D eigenvalue weighted by molar-refractivity contribution is 7.99. The van der Waals surface area contributed by atoms with Gasteiger partial charge in [-0.3, -0.25) is 4.79 Å². The minimum absolute atomic E-state index is 0.141. The quantitative estimate of drug-likeness (QED) is 0.333. The second kappa shape index (κ2) is 12.0. The predicted molar refractivity (Wildman–Crippen MR) is 127 cm³/mol. The Hall–Kier alpha value is -2.96. The number of amides is 1. The highest BCUT2D eigenvalue weighted by atomic mass is 35.5. The summed E-state index contributed by atoms with van der Waals surface area (Å²) in [6.07, 6.45) is 1.61. The van der Waals surface area contributed by atoms with E-state index in [0.717, 1.165) is 33.9 Å². The smallest absolute Gasteiger partial charge is 0.250 e. The van der Waals surface area contributed by atoms with E-state index in [1.54, 1.807) is 13.3 Å². The first-order valence-corrected chi connectivity index (χ1v) is 11.2. The zero-order valence-electron chi connectivity index (χ0n) is 17.1. The van der Waals surface area contributed by atoms with Crippen LogP contribution in [0.5, 0.6) is 11.5 Å². The van der Waals surface area contributed by atoms with Crippen LogP contribution in [0.25, 0.3) is 0 Å². The van der Waals surface area contributed by atoms with Gasteiger partial charge in [0.1, 0.15) is 18.1 Å². The van der Waals surface area contributed by atoms with Crippen molar-refractivity contribution in [1.82, 2.24) is 5.43 Å². The van der Waals surface area contributed by atoms with Gasteiger partial charge in [-0.1, -0.05) is 35.9 Å². The number of hydrogen-bond acceptors (Lipinski definition) is 5. The fourth-order valence-electron chi connectivity index (χ4n) is 2.59. The van der Waals surface area contributed by atoms with Crippen molar-refractivity contribution in [1.29, 1.82) is 0 Å². The van der Waals surface area contributed by atoms with Gasteiger partial charge in [-0.25, -0.2) is 5.43 Å². The monoisotopic (exact) mass is 454 g/mol. The van der Waals surface area contributed by atoms with Crippen LogP contribution in [0, 0.1) is 0 Å². The van der Waals surface area contributed by atoms with Crippen LogP contribution in [0.3, 0.4) is 0 Å². The summed E-state index contributed by atoms with van der Waals surface area (Å²) in [5.74, 6) is 2.52. The maximum Gasteiger partial charge on any atom is 0.250 e. The topological polar surface area (TPSA) is 59.9 Å². The van der Waals surface area contributed by atoms with Crippen molar-refractivity contribution >= 4 is 35.5 Å². The van der Waals surface area contributed by atoms with Gasteiger partial charge in [0.05, 0.1) is 19.1 Å². The fourth-order valence-corrected chi connectivity index (χ4v) is 3.50. The Bertz CT molecular complexity index is 991. The largest absolute Gasteiger partial charge is 0.497 e. The van der Waals surface area contributed by atoms with Crippen molar-refractivity contribution in [2.24, 2.45) is 5.10 Å². The molecule has 0 aliphatic carbocycles. The molecule has 7 heteroatoms. The number of carbonyl (C=O) groups excluding carboxylic acids is 1. The van der Waals surface area contributed by atoms with E-state index in [2.05, 4.69) is 10.5 Å². The third-order valence-corrected chi connectivity index (χ3v) is 5.52. The van der Waals surface area contributed by atoms with Crippen molar-refractivity contribution in [2.75, 3.05) is 12.9 Å². The van der Waals surface area contributed by atoms with E-state index in [1.807, 2.05) is 72.8 Å². The third kappa shape index (κ3) is 8.00. The number of ether oxygens (including phenoxy) is 2. The molecule has 0 saturated carbocycles. The molecule has 3 aromatic rings. The van der Waals surface area contributed by atoms with Crippen molar-refractivity contribution in [3.05, 3.63) is 94.5 Å². The van der Waals surface area contributed by atoms with Crippen LogP contribution < -0.4 is 14.9 Å². The lowest BCUT2D eigenvalue weighted by molar-refractivity contribution is -0.118. The summed E-state index contributed by atoms with van der Waals surface area (Å²) in [6, 6.07) is 22.8. The van der Waals surface area contributed by atoms with Gasteiger partial charge in [0, 0.05) is 10.8 Å². The summed E-state index contributed by atoms with van der Waals surface area (Å²) >= 11 is 7.41. The van der Waals surface area contributed by atoms with E-state index in [-0.39, 0.29) is 5.91 Å². The number of thioether (sulfide) groups is 1. The lowest BCUT2D eigenvalue weighted by Gasteiger charge is -2.06. The van der Waals surface area contributed by atoms with Gasteiger partial charge in [0.2, 0.25) is 5.91 Å². The number of hydrazone groups is 1. The molecule has 1 amide bonds. The average molecular weight is 455 g/mol. The molecule has 0 spiro atoms. The van der Waals surface area contributed by atoms with Gasteiger partial charge in [0.25, 0.3) is 0 Å². The molecule has 160 valence electrons. The molecule has 0 aromatic heterocycles. The molecule has 3 rings (SSSR count). The Morgan fingerprint density at radius 1 is 0.968 bits per heavy atom. The van der Waals surface area contributed by atoms with Crippen LogP contribution in [0.2, 0.25) is 5.02 Å². The summed E-state index contributed by atoms with van der Waals surface area (Å²) in [6.45, 7) is 0.467. The van der Waals surface area contributed by atoms with Crippen LogP contribution in [-0.2, 0) is 17.2 Å². The van der Waals surface area contributed by atoms with Crippen LogP contribution in [-0.4, -0.2) is 25.0 Å². The van der Waals surface area contributed by atoms with Crippen LogP contribution in [0.1, 0.15) is 16.7 Å². The van der Waals surface area contributed by atoms with Crippen LogP contribution >= 0.6 is 23.4 Å². The second-order valence-electron chi connectivity index (χ2n) is 6.62. The minimum atomic E-state index is -0.141. The lowest BCUT2D eigenvalue weighted by Crippen LogP contribution is -2.19. The molecule has 0 aliphatic heterocycles. The molecule has 3 aromatic carbocycles. The van der Waals surface area contributed by atoms with Crippen molar-refractivity contribution in [3.63, 3.8) is 0 Å². The molecular weight excluding hydrogens is 432 g/mol. The van der Waals surface area contributed by atoms with Gasteiger partial charge >= 0.3 is 0 Å². The summed E-state index contributed by atoms with van der Waals surface area (Å²) < 4.78 is 10.9. The number of carbonyl (C=O) groups is 1. The molecule has 0 atom stereocenters. The van der Waals surface area contributed by atoms with E-state index < -0.39 is 0 Å². The number of nitrogens with zero attached hydrogens (tertiary/aromatic N) is 1. The Labute approximate surface area is 191 Å². The van der Waals surface area contributed by atoms with Crippen molar-refractivity contribution in [2.45, 2.75) is 12.4 Å². The normalized spacial score (nSPS) is 10.8. The third-order valence-electron chi connectivity index (χ3n) is 4.26. The number of hydrogen-bond donors (Lipinski definition) is 1. The molecule has 0 saturated heterocycles. The number of benzene rings is 3. The van der Waals surface area contributed by atoms with Crippen LogP contribution in [0.15, 0.2) is 77.9 Å². The summed E-state index contributed by atoms with van der Waals surface area (Å²) in [5.41, 5.74) is 5.60. The number of rotatable bonds is 10. The van der Waals surface area contributed by atoms with Crippen molar-refractivity contribution in [3.8, 4) is 11.5 Å². The first kappa shape index (κ1) is 22.7. The molecule has 5 nitrogen and oxygen atoms in total. The molecule has 0 aliphatic rings. The summed E-state index contributed by atoms with van der Waals surface area (Å²) in [5, 5.41) is 4.72. The molecule has 0 fully saturated rings. The fraction of sp³-hybridized carbons (Fsp3) is 0.167. The van der Waals surface area contributed by atoms with Gasteiger partial charge in [-0.05, 0) is 65.2 Å². The SMILES string of the molecule is COc1ccc(CSCC(=O)N/N=C/c2ccc(OCc3ccc(Cl)cc3)cc2)cc1. The Kier molecular flexibility index (Phi) is 8.82. The molecule has 0 unspecified atom stereocenters. The molecule has 31 heavy (non-hydrogen) atoms. The molecule has 0 radical (unpaired) electrons. The van der Waals surface area contributed by atoms with E-state index in [4.69, 9.17) is 21.1 Å². The molecule has 1 N–H and O–H groups in total. The van der Waals surface area contributed by atoms with Gasteiger partial charge in [-0.15, -0.1) is 11.8 Å². The number of methoxy groups -OCH3 is 1. The zero-order valence-corrected chi connectivity index (χ0v) is 18.7. The van der Waals surface area contributed by atoms with E-state index in [9.17, 15) is 4.79 Å². The highest BCUT2D eigenvalue weighted by Gasteiger charge is 2.02. The number of nitrogens with one attached hydrogen (secondary N) is 1. The maximum atomic E-state index is 11.9. The van der Waals surface area contributed by atoms with E-state index >= 15 is 0 Å². The first-order chi connectivity index (χ1) is 15.1. The Balaban J connectivity index is 1.36. The van der Waals surface area contributed by atoms with Crippen molar-refractivity contribution < 1.29 is 14.3 Å². The van der Waals surface area contributed by atoms with Gasteiger partial charge < -0.3 is 9.47 Å². The van der Waals surface area contributed by atoms with E-state index in [0.29, 0.717) is 17.4 Å². The molecular formula is C24H23ClN2O3S. The average Bonchev–Trinajstić information content (AvgIpc) is 2.80. The maximum absolute atomic E-state index is 11.9. The molecule has 0 heterocycles. The molecule has 0 bridgehead atoms. The van der Waals surface area contributed by atoms with Crippen LogP contribution in [0.4, 0.5) is 0 Å². The van der Waals surface area contributed by atoms with E-state index in [1.165, 1.54) is 11.8 Å². The minimum Gasteiger partial charge on any atom is -0.497 e. The predicted octanol–water partition coefficient (Wildman–Crippen LogP) is 5.31. The summed E-state index contributed by atoms with van der Waals surface area (Å²) in [4.78, 5) is 11.9. The lowest BCUT2D eigenvalue weighted by atomic mass is 10.2. The van der Waals surface area contributed by atoms with Gasteiger partial charge in [-0.2, -0.15) is 5.10 Å². The Morgan fingerprint density at radius 2 is 1.61 bits per heavy atom. The standard InChI is InChI=1S/C24H23ClN2O3S/c1-29-22-10-6-20(7-11-22)16-31-17-24(28)27-26-14-18-4-12-23(13-5-18)30-15-19-2-8-21(25)9-3-19/h2-14H,15-17H2,1H3,(H,27,28)/b26-14+.